The molecule has 1 fully saturated rings. The number of carbonyl (C=O) groups excluding carboxylic acids is 1. The summed E-state index contributed by atoms with van der Waals surface area (Å²) < 4.78 is 1.15. The second-order valence-corrected chi connectivity index (χ2v) is 5.27. The number of hydrogen-bond acceptors (Lipinski definition) is 2. The van der Waals surface area contributed by atoms with Crippen LogP contribution in [0.4, 0.5) is 0 Å². The third kappa shape index (κ3) is 4.44. The molecule has 1 aromatic carbocycles. The molecule has 0 spiro atoms. The average Bonchev–Trinajstić information content (AvgIpc) is 2.31. The van der Waals surface area contributed by atoms with Crippen LogP contribution in [0.5, 0.6) is 0 Å². The lowest BCUT2D eigenvalue weighted by atomic mass is 10.1. The topological polar surface area (TPSA) is 41.1 Å². The van der Waals surface area contributed by atoms with Gasteiger partial charge in [0.1, 0.15) is 0 Å². The van der Waals surface area contributed by atoms with Crippen molar-refractivity contribution in [3.05, 3.63) is 33.4 Å². The van der Waals surface area contributed by atoms with Crippen molar-refractivity contribution in [1.82, 2.24) is 10.6 Å². The maximum atomic E-state index is 11.9. The molecular formula is C12H16ClIN2O. The number of benzene rings is 1. The van der Waals surface area contributed by atoms with Crippen LogP contribution in [-0.4, -0.2) is 25.0 Å². The third-order valence-corrected chi connectivity index (χ3v) is 3.46. The van der Waals surface area contributed by atoms with E-state index in [2.05, 4.69) is 33.2 Å². The first-order chi connectivity index (χ1) is 7.75. The van der Waals surface area contributed by atoms with E-state index in [4.69, 9.17) is 0 Å². The van der Waals surface area contributed by atoms with Gasteiger partial charge in [0, 0.05) is 21.7 Å². The molecule has 0 unspecified atom stereocenters. The second kappa shape index (κ2) is 7.18. The van der Waals surface area contributed by atoms with Crippen molar-refractivity contribution < 1.29 is 4.79 Å². The summed E-state index contributed by atoms with van der Waals surface area (Å²) in [6.07, 6.45) is 2.21. The van der Waals surface area contributed by atoms with E-state index < -0.39 is 0 Å². The molecule has 0 aliphatic carbocycles. The predicted octanol–water partition coefficient (Wildman–Crippen LogP) is 2.19. The van der Waals surface area contributed by atoms with E-state index >= 15 is 0 Å². The highest BCUT2D eigenvalue weighted by atomic mass is 127. The molecule has 1 amide bonds. The fourth-order valence-corrected chi connectivity index (χ4v) is 2.20. The maximum Gasteiger partial charge on any atom is 0.251 e. The van der Waals surface area contributed by atoms with Gasteiger partial charge < -0.3 is 10.6 Å². The van der Waals surface area contributed by atoms with E-state index in [1.165, 1.54) is 0 Å². The Morgan fingerprint density at radius 2 is 2.06 bits per heavy atom. The van der Waals surface area contributed by atoms with Crippen LogP contribution in [0.2, 0.25) is 0 Å². The van der Waals surface area contributed by atoms with Crippen molar-refractivity contribution in [3.63, 3.8) is 0 Å². The first kappa shape index (κ1) is 14.7. The Balaban J connectivity index is 0.00000144. The first-order valence-corrected chi connectivity index (χ1v) is 6.61. The summed E-state index contributed by atoms with van der Waals surface area (Å²) in [5, 5.41) is 6.34. The molecule has 1 aliphatic rings. The van der Waals surface area contributed by atoms with Gasteiger partial charge >= 0.3 is 0 Å². The molecule has 1 atom stereocenters. The number of rotatable bonds is 2. The van der Waals surface area contributed by atoms with Crippen LogP contribution in [0.15, 0.2) is 24.3 Å². The number of nitrogens with one attached hydrogen (secondary N) is 2. The summed E-state index contributed by atoms with van der Waals surface area (Å²) in [6, 6.07) is 7.92. The minimum absolute atomic E-state index is 0. The molecule has 3 nitrogen and oxygen atoms in total. The fraction of sp³-hybridized carbons (Fsp3) is 0.417. The number of piperidine rings is 1. The smallest absolute Gasteiger partial charge is 0.251 e. The average molecular weight is 367 g/mol. The van der Waals surface area contributed by atoms with Gasteiger partial charge in [0.25, 0.3) is 5.91 Å². The quantitative estimate of drug-likeness (QED) is 0.788. The Kier molecular flexibility index (Phi) is 6.22. The third-order valence-electron chi connectivity index (χ3n) is 2.74. The van der Waals surface area contributed by atoms with Gasteiger partial charge in [-0.15, -0.1) is 12.4 Å². The van der Waals surface area contributed by atoms with Crippen LogP contribution in [0.1, 0.15) is 23.2 Å². The fourth-order valence-electron chi connectivity index (χ4n) is 1.85. The van der Waals surface area contributed by atoms with E-state index in [0.29, 0.717) is 0 Å². The van der Waals surface area contributed by atoms with Crippen molar-refractivity contribution in [2.75, 3.05) is 13.1 Å². The van der Waals surface area contributed by atoms with Gasteiger partial charge in [-0.05, 0) is 66.2 Å². The molecule has 0 bridgehead atoms. The Labute approximate surface area is 121 Å². The lowest BCUT2D eigenvalue weighted by molar-refractivity contribution is 0.0930. The van der Waals surface area contributed by atoms with Crippen molar-refractivity contribution in [3.8, 4) is 0 Å². The van der Waals surface area contributed by atoms with E-state index in [-0.39, 0.29) is 24.4 Å². The summed E-state index contributed by atoms with van der Waals surface area (Å²) in [5.41, 5.74) is 0.742. The van der Waals surface area contributed by atoms with E-state index in [0.717, 1.165) is 35.1 Å². The summed E-state index contributed by atoms with van der Waals surface area (Å²) >= 11 is 2.23. The highest BCUT2D eigenvalue weighted by Crippen LogP contribution is 2.08. The van der Waals surface area contributed by atoms with Gasteiger partial charge in [-0.1, -0.05) is 0 Å². The Morgan fingerprint density at radius 1 is 1.35 bits per heavy atom. The van der Waals surface area contributed by atoms with Crippen molar-refractivity contribution in [2.45, 2.75) is 18.9 Å². The monoisotopic (exact) mass is 366 g/mol. The lowest BCUT2D eigenvalue weighted by Gasteiger charge is -2.23. The van der Waals surface area contributed by atoms with E-state index in [1.807, 2.05) is 24.3 Å². The molecule has 17 heavy (non-hydrogen) atoms. The molecule has 2 N–H and O–H groups in total. The van der Waals surface area contributed by atoms with Crippen LogP contribution in [0.3, 0.4) is 0 Å². The van der Waals surface area contributed by atoms with Gasteiger partial charge in [0.2, 0.25) is 0 Å². The zero-order chi connectivity index (χ0) is 11.4. The summed E-state index contributed by atoms with van der Waals surface area (Å²) in [7, 11) is 0. The number of amides is 1. The van der Waals surface area contributed by atoms with Gasteiger partial charge in [-0.2, -0.15) is 0 Å². The minimum atomic E-state index is 0. The number of hydrogen-bond donors (Lipinski definition) is 2. The molecule has 0 radical (unpaired) electrons. The van der Waals surface area contributed by atoms with E-state index in [1.54, 1.807) is 0 Å². The predicted molar refractivity (Wildman–Crippen MR) is 79.8 cm³/mol. The molecule has 5 heteroatoms. The van der Waals surface area contributed by atoms with Crippen molar-refractivity contribution >= 4 is 40.9 Å². The van der Waals surface area contributed by atoms with Gasteiger partial charge in [0.15, 0.2) is 0 Å². The molecular weight excluding hydrogens is 351 g/mol. The first-order valence-electron chi connectivity index (χ1n) is 5.53. The molecule has 1 aromatic rings. The highest BCUT2D eigenvalue weighted by Gasteiger charge is 2.15. The Hall–Kier alpha value is -0.330. The van der Waals surface area contributed by atoms with Crippen LogP contribution in [0, 0.1) is 3.57 Å². The molecule has 1 saturated heterocycles. The Morgan fingerprint density at radius 3 is 2.65 bits per heavy atom. The zero-order valence-corrected chi connectivity index (χ0v) is 12.4. The normalized spacial score (nSPS) is 19.2. The molecule has 0 saturated carbocycles. The van der Waals surface area contributed by atoms with Crippen molar-refractivity contribution in [2.24, 2.45) is 0 Å². The second-order valence-electron chi connectivity index (χ2n) is 4.02. The SMILES string of the molecule is Cl.O=C(N[C@@H]1CCCNC1)c1ccc(I)cc1. The van der Waals surface area contributed by atoms with Gasteiger partial charge in [-0.3, -0.25) is 4.79 Å². The van der Waals surface area contributed by atoms with Crippen molar-refractivity contribution in [1.29, 1.82) is 0 Å². The van der Waals surface area contributed by atoms with Gasteiger partial charge in [-0.25, -0.2) is 0 Å². The number of halogens is 2. The van der Waals surface area contributed by atoms with Crippen LogP contribution < -0.4 is 10.6 Å². The van der Waals surface area contributed by atoms with Gasteiger partial charge in [0.05, 0.1) is 0 Å². The molecule has 0 aromatic heterocycles. The Bertz CT molecular complexity index is 363. The van der Waals surface area contributed by atoms with Crippen LogP contribution >= 0.6 is 35.0 Å². The maximum absolute atomic E-state index is 11.9. The number of carbonyl (C=O) groups is 1. The highest BCUT2D eigenvalue weighted by molar-refractivity contribution is 14.1. The van der Waals surface area contributed by atoms with Crippen LogP contribution in [0.25, 0.3) is 0 Å². The molecule has 2 rings (SSSR count). The standard InChI is InChI=1S/C12H15IN2O.ClH/c13-10-5-3-9(4-6-10)12(16)15-11-2-1-7-14-8-11;/h3-6,11,14H,1-2,7-8H2,(H,15,16);1H/t11-;/m1./s1. The summed E-state index contributed by atoms with van der Waals surface area (Å²) in [6.45, 7) is 1.95. The molecule has 1 aliphatic heterocycles. The van der Waals surface area contributed by atoms with E-state index in [9.17, 15) is 4.79 Å². The molecule has 94 valence electrons. The lowest BCUT2D eigenvalue weighted by Crippen LogP contribution is -2.45. The summed E-state index contributed by atoms with van der Waals surface area (Å²) in [5.74, 6) is 0.0325. The molecule has 1 heterocycles. The zero-order valence-electron chi connectivity index (χ0n) is 9.41. The summed E-state index contributed by atoms with van der Waals surface area (Å²) in [4.78, 5) is 11.9. The van der Waals surface area contributed by atoms with Crippen LogP contribution in [-0.2, 0) is 0 Å². The minimum Gasteiger partial charge on any atom is -0.348 e. The largest absolute Gasteiger partial charge is 0.348 e.